The number of anilines is 1. The van der Waals surface area contributed by atoms with E-state index in [1.54, 1.807) is 18.2 Å². The largest absolute Gasteiger partial charge is 0.263 e. The van der Waals surface area contributed by atoms with Gasteiger partial charge in [-0.3, -0.25) is 9.82 Å². The van der Waals surface area contributed by atoms with Crippen LogP contribution in [0.25, 0.3) is 10.8 Å². The van der Waals surface area contributed by atoms with Crippen molar-refractivity contribution in [3.05, 3.63) is 53.1 Å². The summed E-state index contributed by atoms with van der Waals surface area (Å²) in [6.45, 7) is 0. The molecule has 1 aromatic heterocycles. The predicted octanol–water partition coefficient (Wildman–Crippen LogP) is 3.13. The number of nitrogens with zero attached hydrogens (tertiary/aromatic N) is 1. The van der Waals surface area contributed by atoms with Crippen molar-refractivity contribution in [2.24, 2.45) is 0 Å². The molecule has 0 saturated carbocycles. The van der Waals surface area contributed by atoms with E-state index in [9.17, 15) is 8.42 Å². The van der Waals surface area contributed by atoms with E-state index in [1.165, 1.54) is 6.20 Å². The molecule has 7 heteroatoms. The van der Waals surface area contributed by atoms with Crippen LogP contribution in [0, 0.1) is 0 Å². The van der Waals surface area contributed by atoms with Gasteiger partial charge < -0.3 is 0 Å². The highest BCUT2D eigenvalue weighted by molar-refractivity contribution is 9.10. The normalized spacial score (nSPS) is 11.7. The van der Waals surface area contributed by atoms with Crippen LogP contribution in [0.1, 0.15) is 0 Å². The highest BCUT2D eigenvalue weighted by Gasteiger charge is 2.19. The van der Waals surface area contributed by atoms with Gasteiger partial charge in [-0.25, -0.2) is 8.42 Å². The Labute approximate surface area is 124 Å². The minimum absolute atomic E-state index is 0.233. The molecule has 3 aromatic rings. The maximum atomic E-state index is 12.5. The van der Waals surface area contributed by atoms with Crippen LogP contribution >= 0.6 is 15.9 Å². The molecule has 102 valence electrons. The number of benzene rings is 2. The Morgan fingerprint density at radius 2 is 1.85 bits per heavy atom. The number of aromatic amines is 1. The molecular weight excluding hydrogens is 342 g/mol. The second kappa shape index (κ2) is 4.92. The Morgan fingerprint density at radius 1 is 1.10 bits per heavy atom. The topological polar surface area (TPSA) is 74.8 Å². The summed E-state index contributed by atoms with van der Waals surface area (Å²) in [6, 6.07) is 12.5. The quantitative estimate of drug-likeness (QED) is 0.761. The fourth-order valence-corrected chi connectivity index (χ4v) is 3.65. The first kappa shape index (κ1) is 13.1. The summed E-state index contributed by atoms with van der Waals surface area (Å²) in [5, 5.41) is 7.91. The number of rotatable bonds is 3. The molecule has 2 N–H and O–H groups in total. The minimum Gasteiger partial charge on any atom is -0.263 e. The highest BCUT2D eigenvalue weighted by Crippen LogP contribution is 2.26. The Hall–Kier alpha value is -1.86. The Kier molecular flexibility index (Phi) is 3.23. The summed E-state index contributed by atoms with van der Waals surface area (Å²) < 4.78 is 28.0. The summed E-state index contributed by atoms with van der Waals surface area (Å²) in [6.07, 6.45) is 1.49. The van der Waals surface area contributed by atoms with Crippen LogP contribution in [0.5, 0.6) is 0 Å². The molecule has 0 aliphatic rings. The van der Waals surface area contributed by atoms with Gasteiger partial charge in [-0.1, -0.05) is 36.4 Å². The van der Waals surface area contributed by atoms with E-state index in [4.69, 9.17) is 0 Å². The fourth-order valence-electron chi connectivity index (χ4n) is 1.96. The van der Waals surface area contributed by atoms with E-state index >= 15 is 0 Å². The second-order valence-corrected chi connectivity index (χ2v) is 6.68. The van der Waals surface area contributed by atoms with Gasteiger partial charge in [-0.05, 0) is 27.4 Å². The smallest absolute Gasteiger partial charge is 0.263 e. The van der Waals surface area contributed by atoms with E-state index in [2.05, 4.69) is 30.8 Å². The van der Waals surface area contributed by atoms with Gasteiger partial charge in [0, 0.05) is 5.39 Å². The molecule has 0 saturated heterocycles. The summed E-state index contributed by atoms with van der Waals surface area (Å²) in [5.41, 5.74) is 0. The molecule has 3 rings (SSSR count). The second-order valence-electron chi connectivity index (χ2n) is 4.18. The highest BCUT2D eigenvalue weighted by atomic mass is 79.9. The van der Waals surface area contributed by atoms with E-state index in [0.717, 1.165) is 5.39 Å². The number of hydrogen-bond acceptors (Lipinski definition) is 3. The van der Waals surface area contributed by atoms with Crippen molar-refractivity contribution in [3.8, 4) is 0 Å². The van der Waals surface area contributed by atoms with Crippen LogP contribution < -0.4 is 4.72 Å². The molecule has 0 amide bonds. The van der Waals surface area contributed by atoms with Gasteiger partial charge in [0.1, 0.15) is 5.82 Å². The number of sulfonamides is 1. The number of hydrogen-bond donors (Lipinski definition) is 2. The zero-order valence-electron chi connectivity index (χ0n) is 10.2. The molecule has 0 unspecified atom stereocenters. The maximum absolute atomic E-state index is 12.5. The molecule has 5 nitrogen and oxygen atoms in total. The first-order valence-corrected chi connectivity index (χ1v) is 8.05. The molecule has 0 aliphatic carbocycles. The van der Waals surface area contributed by atoms with Crippen LogP contribution in [0.2, 0.25) is 0 Å². The Balaban J connectivity index is 2.12. The maximum Gasteiger partial charge on any atom is 0.263 e. The number of nitrogens with one attached hydrogen (secondary N) is 2. The molecule has 0 atom stereocenters. The van der Waals surface area contributed by atoms with E-state index < -0.39 is 10.0 Å². The van der Waals surface area contributed by atoms with Gasteiger partial charge in [0.25, 0.3) is 10.0 Å². The minimum atomic E-state index is -3.68. The van der Waals surface area contributed by atoms with Crippen molar-refractivity contribution in [2.45, 2.75) is 4.90 Å². The lowest BCUT2D eigenvalue weighted by atomic mass is 10.1. The Morgan fingerprint density at radius 3 is 2.60 bits per heavy atom. The molecule has 2 aromatic carbocycles. The number of H-pyrrole nitrogens is 1. The molecular formula is C13H10BrN3O2S. The monoisotopic (exact) mass is 351 g/mol. The van der Waals surface area contributed by atoms with E-state index in [0.29, 0.717) is 15.7 Å². The van der Waals surface area contributed by atoms with Gasteiger partial charge in [0.2, 0.25) is 0 Å². The van der Waals surface area contributed by atoms with Crippen molar-refractivity contribution < 1.29 is 8.42 Å². The van der Waals surface area contributed by atoms with E-state index in [1.807, 2.05) is 24.3 Å². The van der Waals surface area contributed by atoms with Crippen molar-refractivity contribution in [1.29, 1.82) is 0 Å². The van der Waals surface area contributed by atoms with Crippen LogP contribution in [0.4, 0.5) is 5.82 Å². The van der Waals surface area contributed by atoms with Gasteiger partial charge in [-0.15, -0.1) is 0 Å². The lowest BCUT2D eigenvalue weighted by Crippen LogP contribution is -2.14. The van der Waals surface area contributed by atoms with Crippen molar-refractivity contribution in [2.75, 3.05) is 4.72 Å². The lowest BCUT2D eigenvalue weighted by molar-refractivity contribution is 0.602. The van der Waals surface area contributed by atoms with Crippen LogP contribution in [-0.2, 0) is 10.0 Å². The fraction of sp³-hybridized carbons (Fsp3) is 0. The zero-order chi connectivity index (χ0) is 14.2. The first-order chi connectivity index (χ1) is 9.58. The van der Waals surface area contributed by atoms with Gasteiger partial charge >= 0.3 is 0 Å². The summed E-state index contributed by atoms with van der Waals surface area (Å²) in [5.74, 6) is 0.304. The predicted molar refractivity (Wildman–Crippen MR) is 81.0 cm³/mol. The summed E-state index contributed by atoms with van der Waals surface area (Å²) >= 11 is 3.22. The first-order valence-electron chi connectivity index (χ1n) is 5.77. The van der Waals surface area contributed by atoms with Crippen molar-refractivity contribution in [3.63, 3.8) is 0 Å². The number of fused-ring (bicyclic) bond motifs is 1. The van der Waals surface area contributed by atoms with Gasteiger partial charge in [0.05, 0.1) is 15.6 Å². The Bertz CT molecular complexity index is 869. The van der Waals surface area contributed by atoms with Crippen LogP contribution in [0.15, 0.2) is 58.0 Å². The molecule has 0 bridgehead atoms. The third-order valence-electron chi connectivity index (χ3n) is 2.87. The SMILES string of the molecule is O=S(=O)(Nc1[nH]ncc1Br)c1cccc2ccccc12. The summed E-state index contributed by atoms with van der Waals surface area (Å²) in [4.78, 5) is 0.233. The number of aromatic nitrogens is 2. The lowest BCUT2D eigenvalue weighted by Gasteiger charge is -2.09. The average molecular weight is 352 g/mol. The van der Waals surface area contributed by atoms with Gasteiger partial charge in [0.15, 0.2) is 0 Å². The molecule has 0 aliphatic heterocycles. The summed E-state index contributed by atoms with van der Waals surface area (Å²) in [7, 11) is -3.68. The van der Waals surface area contributed by atoms with Gasteiger partial charge in [-0.2, -0.15) is 5.10 Å². The molecule has 1 heterocycles. The third-order valence-corrected chi connectivity index (χ3v) is 4.88. The van der Waals surface area contributed by atoms with E-state index in [-0.39, 0.29) is 4.90 Å². The molecule has 20 heavy (non-hydrogen) atoms. The third kappa shape index (κ3) is 2.30. The molecule has 0 radical (unpaired) electrons. The standard InChI is InChI=1S/C13H10BrN3O2S/c14-11-8-15-16-13(11)17-20(18,19)12-7-3-5-9-4-1-2-6-10(9)12/h1-8H,(H2,15,16,17). The van der Waals surface area contributed by atoms with Crippen LogP contribution in [-0.4, -0.2) is 18.6 Å². The molecule has 0 spiro atoms. The average Bonchev–Trinajstić information content (AvgIpc) is 2.83. The van der Waals surface area contributed by atoms with Crippen LogP contribution in [0.3, 0.4) is 0 Å². The van der Waals surface area contributed by atoms with Crippen molar-refractivity contribution >= 4 is 42.5 Å². The zero-order valence-corrected chi connectivity index (χ0v) is 12.6. The molecule has 0 fully saturated rings. The van der Waals surface area contributed by atoms with Crippen molar-refractivity contribution in [1.82, 2.24) is 10.2 Å². The number of halogens is 1.